The smallest absolute Gasteiger partial charge is 0.243 e. The maximum Gasteiger partial charge on any atom is 0.243 e. The average molecular weight is 347 g/mol. The van der Waals surface area contributed by atoms with Crippen molar-refractivity contribution in [2.45, 2.75) is 16.3 Å². The molecular weight excluding hydrogens is 334 g/mol. The third kappa shape index (κ3) is 3.79. The number of hydrogen-bond acceptors (Lipinski definition) is 7. The van der Waals surface area contributed by atoms with E-state index in [4.69, 9.17) is 5.73 Å². The van der Waals surface area contributed by atoms with Crippen LogP contribution in [0.25, 0.3) is 0 Å². The fourth-order valence-electron chi connectivity index (χ4n) is 1.55. The molecule has 0 amide bonds. The van der Waals surface area contributed by atoms with Gasteiger partial charge in [-0.2, -0.15) is 0 Å². The van der Waals surface area contributed by atoms with Crippen molar-refractivity contribution in [1.82, 2.24) is 9.71 Å². The Morgan fingerprint density at radius 3 is 2.57 bits per heavy atom. The van der Waals surface area contributed by atoms with Crippen molar-refractivity contribution in [2.75, 3.05) is 12.0 Å². The van der Waals surface area contributed by atoms with Gasteiger partial charge in [-0.3, -0.25) is 0 Å². The van der Waals surface area contributed by atoms with Crippen LogP contribution in [-0.4, -0.2) is 28.1 Å². The second-order valence-electron chi connectivity index (χ2n) is 4.22. The van der Waals surface area contributed by atoms with Gasteiger partial charge in [0.15, 0.2) is 9.84 Å². The number of aromatic nitrogens is 1. The first-order chi connectivity index (χ1) is 9.70. The van der Waals surface area contributed by atoms with Crippen molar-refractivity contribution >= 4 is 36.9 Å². The summed E-state index contributed by atoms with van der Waals surface area (Å²) in [5, 5.41) is 2.32. The Balaban J connectivity index is 2.35. The van der Waals surface area contributed by atoms with Gasteiger partial charge in [0.25, 0.3) is 0 Å². The monoisotopic (exact) mass is 347 g/mol. The lowest BCUT2D eigenvalue weighted by molar-refractivity contribution is 0.581. The quantitative estimate of drug-likeness (QED) is 0.765. The van der Waals surface area contributed by atoms with Crippen molar-refractivity contribution in [3.8, 4) is 0 Å². The molecule has 21 heavy (non-hydrogen) atoms. The minimum absolute atomic E-state index is 0.0164. The highest BCUT2D eigenvalue weighted by molar-refractivity contribution is 7.91. The number of nitrogens with one attached hydrogen (secondary N) is 1. The Bertz CT molecular complexity index is 843. The number of nitrogens with zero attached hydrogens (tertiary/aromatic N) is 1. The van der Waals surface area contributed by atoms with Gasteiger partial charge in [-0.05, 0) is 18.2 Å². The van der Waals surface area contributed by atoms with Gasteiger partial charge < -0.3 is 5.73 Å². The summed E-state index contributed by atoms with van der Waals surface area (Å²) < 4.78 is 49.8. The molecule has 0 saturated carbocycles. The lowest BCUT2D eigenvalue weighted by Crippen LogP contribution is -2.24. The van der Waals surface area contributed by atoms with E-state index in [1.807, 2.05) is 0 Å². The van der Waals surface area contributed by atoms with E-state index in [0.717, 1.165) is 12.3 Å². The van der Waals surface area contributed by atoms with Gasteiger partial charge in [-0.15, -0.1) is 11.3 Å². The van der Waals surface area contributed by atoms with Crippen LogP contribution in [0.4, 0.5) is 5.69 Å². The number of hydrogen-bond donors (Lipinski definition) is 2. The molecular formula is C11H13N3O4S3. The third-order valence-electron chi connectivity index (χ3n) is 2.60. The molecule has 1 heterocycles. The molecule has 0 saturated heterocycles. The lowest BCUT2D eigenvalue weighted by Gasteiger charge is -2.09. The molecule has 0 spiro atoms. The first-order valence-corrected chi connectivity index (χ1v) is 9.93. The van der Waals surface area contributed by atoms with Crippen molar-refractivity contribution in [1.29, 1.82) is 0 Å². The normalized spacial score (nSPS) is 12.4. The highest BCUT2D eigenvalue weighted by Gasteiger charge is 2.20. The second kappa shape index (κ2) is 5.72. The SMILES string of the molecule is CS(=O)(=O)c1ccc(N)c(S(=O)(=O)NCc2nccs2)c1. The van der Waals surface area contributed by atoms with Crippen LogP contribution in [0.15, 0.2) is 39.6 Å². The zero-order chi connectivity index (χ0) is 15.7. The Morgan fingerprint density at radius 1 is 1.29 bits per heavy atom. The summed E-state index contributed by atoms with van der Waals surface area (Å²) in [4.78, 5) is 3.59. The number of nitrogens with two attached hydrogens (primary N) is 1. The number of thiazole rings is 1. The van der Waals surface area contributed by atoms with Crippen molar-refractivity contribution < 1.29 is 16.8 Å². The van der Waals surface area contributed by atoms with Gasteiger partial charge >= 0.3 is 0 Å². The summed E-state index contributed by atoms with van der Waals surface area (Å²) in [6.45, 7) is 0.0164. The Kier molecular flexibility index (Phi) is 4.33. The summed E-state index contributed by atoms with van der Waals surface area (Å²) in [7, 11) is -7.44. The van der Waals surface area contributed by atoms with Gasteiger partial charge in [-0.25, -0.2) is 26.5 Å². The predicted octanol–water partition coefficient (Wildman–Crippen LogP) is 0.607. The van der Waals surface area contributed by atoms with Crippen LogP contribution in [-0.2, 0) is 26.4 Å². The van der Waals surface area contributed by atoms with Crippen LogP contribution >= 0.6 is 11.3 Å². The summed E-state index contributed by atoms with van der Waals surface area (Å²) in [6.07, 6.45) is 2.56. The van der Waals surface area contributed by atoms with Crippen LogP contribution in [0.1, 0.15) is 5.01 Å². The molecule has 0 radical (unpaired) electrons. The van der Waals surface area contributed by atoms with Gasteiger partial charge in [0.05, 0.1) is 17.1 Å². The van der Waals surface area contributed by atoms with E-state index in [2.05, 4.69) is 9.71 Å². The highest BCUT2D eigenvalue weighted by Crippen LogP contribution is 2.22. The Morgan fingerprint density at radius 2 is 2.00 bits per heavy atom. The fourth-order valence-corrected chi connectivity index (χ4v) is 4.06. The standard InChI is InChI=1S/C11H13N3O4S3/c1-20(15,16)8-2-3-9(12)10(6-8)21(17,18)14-7-11-13-4-5-19-11/h2-6,14H,7,12H2,1H3. The molecule has 0 aliphatic heterocycles. The van der Waals surface area contributed by atoms with Crippen LogP contribution in [0.3, 0.4) is 0 Å². The average Bonchev–Trinajstić information content (AvgIpc) is 2.88. The second-order valence-corrected chi connectivity index (χ2v) is 8.95. The molecule has 0 aliphatic carbocycles. The van der Waals surface area contributed by atoms with E-state index in [0.29, 0.717) is 5.01 Å². The van der Waals surface area contributed by atoms with Gasteiger partial charge in [0, 0.05) is 17.8 Å². The molecule has 7 nitrogen and oxygen atoms in total. The van der Waals surface area contributed by atoms with E-state index < -0.39 is 19.9 Å². The number of rotatable bonds is 5. The zero-order valence-corrected chi connectivity index (χ0v) is 13.4. The van der Waals surface area contributed by atoms with Crippen LogP contribution in [0.5, 0.6) is 0 Å². The van der Waals surface area contributed by atoms with Crippen LogP contribution in [0.2, 0.25) is 0 Å². The first-order valence-electron chi connectivity index (χ1n) is 5.68. The maximum atomic E-state index is 12.2. The molecule has 0 fully saturated rings. The van der Waals surface area contributed by atoms with Gasteiger partial charge in [0.1, 0.15) is 9.90 Å². The number of benzene rings is 1. The van der Waals surface area contributed by atoms with Crippen LogP contribution in [0, 0.1) is 0 Å². The molecule has 2 aromatic rings. The van der Waals surface area contributed by atoms with E-state index in [-0.39, 0.29) is 22.0 Å². The molecule has 0 unspecified atom stereocenters. The zero-order valence-electron chi connectivity index (χ0n) is 11.0. The van der Waals surface area contributed by atoms with Crippen molar-refractivity contribution in [2.24, 2.45) is 0 Å². The molecule has 114 valence electrons. The lowest BCUT2D eigenvalue weighted by atomic mass is 10.3. The summed E-state index contributed by atoms with van der Waals surface area (Å²) in [5.74, 6) is 0. The molecule has 0 atom stereocenters. The number of anilines is 1. The number of sulfonamides is 1. The van der Waals surface area contributed by atoms with E-state index in [9.17, 15) is 16.8 Å². The molecule has 1 aromatic carbocycles. The third-order valence-corrected chi connectivity index (χ3v) is 5.95. The fraction of sp³-hybridized carbons (Fsp3) is 0.182. The van der Waals surface area contributed by atoms with Crippen molar-refractivity contribution in [3.63, 3.8) is 0 Å². The largest absolute Gasteiger partial charge is 0.398 e. The molecule has 0 bridgehead atoms. The summed E-state index contributed by atoms with van der Waals surface area (Å²) in [5.41, 5.74) is 5.62. The number of sulfone groups is 1. The minimum Gasteiger partial charge on any atom is -0.398 e. The molecule has 10 heteroatoms. The van der Waals surface area contributed by atoms with E-state index in [1.165, 1.54) is 23.5 Å². The highest BCUT2D eigenvalue weighted by atomic mass is 32.2. The minimum atomic E-state index is -3.92. The molecule has 1 aromatic heterocycles. The molecule has 0 aliphatic rings. The van der Waals surface area contributed by atoms with E-state index in [1.54, 1.807) is 11.6 Å². The Labute approximate surface area is 126 Å². The first kappa shape index (κ1) is 15.9. The van der Waals surface area contributed by atoms with Gasteiger partial charge in [0.2, 0.25) is 10.0 Å². The maximum absolute atomic E-state index is 12.2. The van der Waals surface area contributed by atoms with Crippen molar-refractivity contribution in [3.05, 3.63) is 34.8 Å². The predicted molar refractivity (Wildman–Crippen MR) is 80.1 cm³/mol. The summed E-state index contributed by atoms with van der Waals surface area (Å²) >= 11 is 1.31. The van der Waals surface area contributed by atoms with Crippen LogP contribution < -0.4 is 10.5 Å². The Hall–Kier alpha value is -1.49. The van der Waals surface area contributed by atoms with E-state index >= 15 is 0 Å². The number of nitrogen functional groups attached to an aromatic ring is 1. The molecule has 2 rings (SSSR count). The van der Waals surface area contributed by atoms with Gasteiger partial charge in [-0.1, -0.05) is 0 Å². The summed E-state index contributed by atoms with van der Waals surface area (Å²) in [6, 6.07) is 3.58. The molecule has 3 N–H and O–H groups in total. The topological polar surface area (TPSA) is 119 Å².